The molecular weight excluding hydrogens is 277 g/mol. The standard InChI is InChI=1S/C16H23ClFNO/c1-20-10-9-19-12-16(7-2-3-8-16)11-13-5-4-6-14(18)15(13)17/h4-6,19H,2-3,7-12H2,1H3. The number of rotatable bonds is 7. The van der Waals surface area contributed by atoms with Crippen molar-refractivity contribution in [1.82, 2.24) is 5.32 Å². The molecule has 0 bridgehead atoms. The van der Waals surface area contributed by atoms with Crippen molar-refractivity contribution in [3.05, 3.63) is 34.6 Å². The van der Waals surface area contributed by atoms with Gasteiger partial charge in [0.25, 0.3) is 0 Å². The molecule has 1 aromatic carbocycles. The Morgan fingerprint density at radius 3 is 2.80 bits per heavy atom. The van der Waals surface area contributed by atoms with Gasteiger partial charge < -0.3 is 10.1 Å². The van der Waals surface area contributed by atoms with Gasteiger partial charge in [0.05, 0.1) is 11.6 Å². The molecule has 0 radical (unpaired) electrons. The quantitative estimate of drug-likeness (QED) is 0.773. The number of hydrogen-bond donors (Lipinski definition) is 1. The molecule has 2 nitrogen and oxygen atoms in total. The average Bonchev–Trinajstić information content (AvgIpc) is 2.89. The Kier molecular flexibility index (Phi) is 5.82. The first-order valence-corrected chi connectivity index (χ1v) is 7.67. The van der Waals surface area contributed by atoms with Crippen molar-refractivity contribution in [1.29, 1.82) is 0 Å². The fourth-order valence-electron chi connectivity index (χ4n) is 3.16. The Hall–Kier alpha value is -0.640. The van der Waals surface area contributed by atoms with Crippen molar-refractivity contribution in [3.63, 3.8) is 0 Å². The van der Waals surface area contributed by atoms with Crippen LogP contribution in [0.2, 0.25) is 5.02 Å². The molecule has 1 aromatic rings. The normalized spacial score (nSPS) is 17.6. The molecular formula is C16H23ClFNO. The zero-order chi connectivity index (χ0) is 14.4. The molecule has 1 saturated carbocycles. The van der Waals surface area contributed by atoms with Gasteiger partial charge in [-0.05, 0) is 36.3 Å². The Morgan fingerprint density at radius 1 is 1.35 bits per heavy atom. The zero-order valence-corrected chi connectivity index (χ0v) is 12.8. The van der Waals surface area contributed by atoms with E-state index in [1.165, 1.54) is 31.7 Å². The summed E-state index contributed by atoms with van der Waals surface area (Å²) in [7, 11) is 1.71. The maximum absolute atomic E-state index is 13.6. The summed E-state index contributed by atoms with van der Waals surface area (Å²) in [5, 5.41) is 3.75. The van der Waals surface area contributed by atoms with Crippen LogP contribution < -0.4 is 5.32 Å². The monoisotopic (exact) mass is 299 g/mol. The summed E-state index contributed by atoms with van der Waals surface area (Å²) in [4.78, 5) is 0. The Bertz CT molecular complexity index is 432. The van der Waals surface area contributed by atoms with E-state index in [0.717, 1.165) is 31.7 Å². The molecule has 1 aliphatic rings. The molecule has 112 valence electrons. The predicted molar refractivity (Wildman–Crippen MR) is 80.8 cm³/mol. The third kappa shape index (κ3) is 3.94. The van der Waals surface area contributed by atoms with E-state index in [0.29, 0.717) is 0 Å². The first kappa shape index (κ1) is 15.7. The molecule has 2 rings (SSSR count). The summed E-state index contributed by atoms with van der Waals surface area (Å²) in [5.41, 5.74) is 1.15. The van der Waals surface area contributed by atoms with E-state index in [2.05, 4.69) is 5.32 Å². The molecule has 20 heavy (non-hydrogen) atoms. The highest BCUT2D eigenvalue weighted by Crippen LogP contribution is 2.41. The van der Waals surface area contributed by atoms with Crippen LogP contribution in [0.3, 0.4) is 0 Å². The second kappa shape index (κ2) is 7.39. The minimum atomic E-state index is -0.315. The first-order valence-electron chi connectivity index (χ1n) is 7.29. The predicted octanol–water partition coefficient (Wildman–Crippen LogP) is 3.82. The second-order valence-electron chi connectivity index (χ2n) is 5.77. The van der Waals surface area contributed by atoms with Crippen LogP contribution >= 0.6 is 11.6 Å². The molecule has 0 aromatic heterocycles. The Labute approximate surface area is 125 Å². The number of halogens is 2. The highest BCUT2D eigenvalue weighted by Gasteiger charge is 2.34. The molecule has 0 spiro atoms. The van der Waals surface area contributed by atoms with Gasteiger partial charge in [-0.15, -0.1) is 0 Å². The summed E-state index contributed by atoms with van der Waals surface area (Å²) in [5.74, 6) is -0.315. The van der Waals surface area contributed by atoms with E-state index in [4.69, 9.17) is 16.3 Å². The Balaban J connectivity index is 2.03. The number of hydrogen-bond acceptors (Lipinski definition) is 2. The van der Waals surface area contributed by atoms with Crippen LogP contribution in [0.5, 0.6) is 0 Å². The number of ether oxygens (including phenoxy) is 1. The lowest BCUT2D eigenvalue weighted by molar-refractivity contribution is 0.189. The van der Waals surface area contributed by atoms with Gasteiger partial charge in [0.2, 0.25) is 0 Å². The van der Waals surface area contributed by atoms with E-state index in [9.17, 15) is 4.39 Å². The number of benzene rings is 1. The minimum Gasteiger partial charge on any atom is -0.383 e. The lowest BCUT2D eigenvalue weighted by Crippen LogP contribution is -2.35. The van der Waals surface area contributed by atoms with Crippen molar-refractivity contribution >= 4 is 11.6 Å². The molecule has 4 heteroatoms. The zero-order valence-electron chi connectivity index (χ0n) is 12.1. The second-order valence-corrected chi connectivity index (χ2v) is 6.14. The van der Waals surface area contributed by atoms with Gasteiger partial charge in [-0.2, -0.15) is 0 Å². The van der Waals surface area contributed by atoms with Gasteiger partial charge in [-0.1, -0.05) is 36.6 Å². The highest BCUT2D eigenvalue weighted by atomic mass is 35.5. The van der Waals surface area contributed by atoms with Gasteiger partial charge in [0.15, 0.2) is 0 Å². The Morgan fingerprint density at radius 2 is 2.10 bits per heavy atom. The van der Waals surface area contributed by atoms with Crippen molar-refractivity contribution in [2.24, 2.45) is 5.41 Å². The third-order valence-corrected chi connectivity index (χ3v) is 4.67. The smallest absolute Gasteiger partial charge is 0.142 e. The van der Waals surface area contributed by atoms with Gasteiger partial charge in [0, 0.05) is 20.2 Å². The van der Waals surface area contributed by atoms with Gasteiger partial charge in [-0.3, -0.25) is 0 Å². The molecule has 1 aliphatic carbocycles. The summed E-state index contributed by atoms with van der Waals surface area (Å²) >= 11 is 6.10. The molecule has 0 atom stereocenters. The van der Waals surface area contributed by atoms with Crippen LogP contribution in [-0.4, -0.2) is 26.8 Å². The average molecular weight is 300 g/mol. The van der Waals surface area contributed by atoms with E-state index in [1.54, 1.807) is 13.2 Å². The molecule has 0 heterocycles. The van der Waals surface area contributed by atoms with Crippen LogP contribution in [0.25, 0.3) is 0 Å². The summed E-state index contributed by atoms with van der Waals surface area (Å²) in [6, 6.07) is 5.11. The van der Waals surface area contributed by atoms with E-state index in [1.807, 2.05) is 6.07 Å². The number of methoxy groups -OCH3 is 1. The largest absolute Gasteiger partial charge is 0.383 e. The molecule has 0 saturated heterocycles. The fraction of sp³-hybridized carbons (Fsp3) is 0.625. The van der Waals surface area contributed by atoms with Crippen molar-refractivity contribution in [2.45, 2.75) is 32.1 Å². The van der Waals surface area contributed by atoms with E-state index in [-0.39, 0.29) is 16.3 Å². The maximum atomic E-state index is 13.6. The molecule has 0 aliphatic heterocycles. The third-order valence-electron chi connectivity index (χ3n) is 4.24. The molecule has 0 amide bonds. The fourth-order valence-corrected chi connectivity index (χ4v) is 3.35. The topological polar surface area (TPSA) is 21.3 Å². The maximum Gasteiger partial charge on any atom is 0.142 e. The van der Waals surface area contributed by atoms with Crippen LogP contribution in [0.15, 0.2) is 18.2 Å². The van der Waals surface area contributed by atoms with E-state index < -0.39 is 0 Å². The van der Waals surface area contributed by atoms with Gasteiger partial charge in [0.1, 0.15) is 5.82 Å². The van der Waals surface area contributed by atoms with Gasteiger partial charge in [-0.25, -0.2) is 4.39 Å². The summed E-state index contributed by atoms with van der Waals surface area (Å²) in [6.45, 7) is 2.52. The summed E-state index contributed by atoms with van der Waals surface area (Å²) < 4.78 is 18.6. The molecule has 0 unspecified atom stereocenters. The van der Waals surface area contributed by atoms with Crippen molar-refractivity contribution in [3.8, 4) is 0 Å². The lowest BCUT2D eigenvalue weighted by atomic mass is 9.80. The molecule has 1 fully saturated rings. The highest BCUT2D eigenvalue weighted by molar-refractivity contribution is 6.31. The van der Waals surface area contributed by atoms with Crippen LogP contribution in [0, 0.1) is 11.2 Å². The van der Waals surface area contributed by atoms with Crippen LogP contribution in [-0.2, 0) is 11.2 Å². The lowest BCUT2D eigenvalue weighted by Gasteiger charge is -2.30. The minimum absolute atomic E-state index is 0.213. The first-order chi connectivity index (χ1) is 9.67. The summed E-state index contributed by atoms with van der Waals surface area (Å²) in [6.07, 6.45) is 5.71. The SMILES string of the molecule is COCCNCC1(Cc2cccc(F)c2Cl)CCCC1. The van der Waals surface area contributed by atoms with Crippen molar-refractivity contribution in [2.75, 3.05) is 26.8 Å². The number of nitrogens with one attached hydrogen (secondary N) is 1. The molecule has 1 N–H and O–H groups in total. The van der Waals surface area contributed by atoms with Crippen LogP contribution in [0.4, 0.5) is 4.39 Å². The van der Waals surface area contributed by atoms with E-state index >= 15 is 0 Å². The van der Waals surface area contributed by atoms with Gasteiger partial charge >= 0.3 is 0 Å². The van der Waals surface area contributed by atoms with Crippen molar-refractivity contribution < 1.29 is 9.13 Å². The van der Waals surface area contributed by atoms with Crippen LogP contribution in [0.1, 0.15) is 31.2 Å².